The van der Waals surface area contributed by atoms with Gasteiger partial charge in [0.1, 0.15) is 5.82 Å². The molecule has 2 rings (SSSR count). The average Bonchev–Trinajstić information content (AvgIpc) is 2.85. The highest BCUT2D eigenvalue weighted by atomic mass is 32.1. The van der Waals surface area contributed by atoms with Gasteiger partial charge in [-0.15, -0.1) is 0 Å². The van der Waals surface area contributed by atoms with Gasteiger partial charge in [-0.3, -0.25) is 4.79 Å². The van der Waals surface area contributed by atoms with Crippen LogP contribution in [0.4, 0.5) is 22.7 Å². The minimum absolute atomic E-state index is 0.0167. The fourth-order valence-electron chi connectivity index (χ4n) is 2.03. The van der Waals surface area contributed by atoms with E-state index in [-0.39, 0.29) is 22.3 Å². The number of carbonyl (C=O) groups is 1. The quantitative estimate of drug-likeness (QED) is 0.791. The highest BCUT2D eigenvalue weighted by Crippen LogP contribution is 2.36. The van der Waals surface area contributed by atoms with Crippen molar-refractivity contribution < 1.29 is 22.4 Å². The van der Waals surface area contributed by atoms with E-state index in [2.05, 4.69) is 15.6 Å². The van der Waals surface area contributed by atoms with E-state index >= 15 is 0 Å². The second-order valence-electron chi connectivity index (χ2n) is 4.98. The van der Waals surface area contributed by atoms with Gasteiger partial charge < -0.3 is 10.6 Å². The lowest BCUT2D eigenvalue weighted by molar-refractivity contribution is -0.137. The first-order chi connectivity index (χ1) is 11.2. The van der Waals surface area contributed by atoms with Gasteiger partial charge in [0.25, 0.3) is 0 Å². The molecule has 0 aliphatic carbocycles. The van der Waals surface area contributed by atoms with Crippen LogP contribution in [0, 0.1) is 5.82 Å². The molecule has 24 heavy (non-hydrogen) atoms. The second-order valence-corrected chi connectivity index (χ2v) is 6.06. The number of thiazole rings is 1. The average molecular weight is 361 g/mol. The van der Waals surface area contributed by atoms with Crippen LogP contribution in [0.1, 0.15) is 24.3 Å². The third-order valence-corrected chi connectivity index (χ3v) is 3.99. The molecule has 0 aliphatic heterocycles. The smallest absolute Gasteiger partial charge is 0.312 e. The number of hydrogen-bond acceptors (Lipinski definition) is 4. The zero-order valence-electron chi connectivity index (χ0n) is 12.9. The van der Waals surface area contributed by atoms with Crippen LogP contribution in [-0.2, 0) is 17.5 Å². The number of nitrogens with one attached hydrogen (secondary N) is 2. The van der Waals surface area contributed by atoms with Crippen molar-refractivity contribution in [2.24, 2.45) is 0 Å². The first kappa shape index (κ1) is 18.3. The predicted molar refractivity (Wildman–Crippen MR) is 84.2 cm³/mol. The Morgan fingerprint density at radius 1 is 1.29 bits per heavy atom. The zero-order valence-corrected chi connectivity index (χ0v) is 13.7. The Morgan fingerprint density at radius 3 is 2.58 bits per heavy atom. The highest BCUT2D eigenvalue weighted by molar-refractivity contribution is 7.16. The third-order valence-electron chi connectivity index (χ3n) is 3.01. The van der Waals surface area contributed by atoms with Crippen LogP contribution in [0.5, 0.6) is 0 Å². The second kappa shape index (κ2) is 7.27. The van der Waals surface area contributed by atoms with Gasteiger partial charge in [0, 0.05) is 23.9 Å². The normalized spacial score (nSPS) is 11.6. The lowest BCUT2D eigenvalue weighted by Crippen LogP contribution is -2.11. The molecule has 0 saturated carbocycles. The van der Waals surface area contributed by atoms with Gasteiger partial charge in [0.05, 0.1) is 11.3 Å². The third kappa shape index (κ3) is 4.51. The molecule has 2 N–H and O–H groups in total. The van der Waals surface area contributed by atoms with Gasteiger partial charge in [0.2, 0.25) is 5.91 Å². The van der Waals surface area contributed by atoms with Crippen LogP contribution in [0.25, 0.3) is 11.3 Å². The number of rotatable bonds is 5. The van der Waals surface area contributed by atoms with E-state index < -0.39 is 17.6 Å². The lowest BCUT2D eigenvalue weighted by Gasteiger charge is -2.09. The summed E-state index contributed by atoms with van der Waals surface area (Å²) in [5, 5.41) is 5.79. The van der Waals surface area contributed by atoms with Gasteiger partial charge in [-0.1, -0.05) is 18.3 Å². The van der Waals surface area contributed by atoms with Crippen molar-refractivity contribution in [2.75, 3.05) is 11.9 Å². The van der Waals surface area contributed by atoms with Crippen LogP contribution in [0.15, 0.2) is 18.2 Å². The Labute approximate surface area is 139 Å². The van der Waals surface area contributed by atoms with Crippen molar-refractivity contribution in [1.29, 1.82) is 0 Å². The van der Waals surface area contributed by atoms with E-state index in [1.165, 1.54) is 6.92 Å². The number of benzene rings is 1. The van der Waals surface area contributed by atoms with Crippen LogP contribution in [-0.4, -0.2) is 17.4 Å². The summed E-state index contributed by atoms with van der Waals surface area (Å²) < 4.78 is 52.3. The maximum atomic E-state index is 13.6. The SMILES string of the molecule is CCNCc1sc(NC(C)=O)nc1-c1cc(F)cc(C(F)(F)F)c1. The first-order valence-electron chi connectivity index (χ1n) is 7.07. The Bertz CT molecular complexity index is 743. The Balaban J connectivity index is 2.51. The van der Waals surface area contributed by atoms with E-state index in [0.717, 1.165) is 23.5 Å². The summed E-state index contributed by atoms with van der Waals surface area (Å²) in [6, 6.07) is 2.29. The van der Waals surface area contributed by atoms with Crippen molar-refractivity contribution in [2.45, 2.75) is 26.6 Å². The number of aromatic nitrogens is 1. The largest absolute Gasteiger partial charge is 0.416 e. The molecule has 0 fully saturated rings. The molecule has 2 aromatic rings. The maximum absolute atomic E-state index is 13.6. The van der Waals surface area contributed by atoms with E-state index in [9.17, 15) is 22.4 Å². The minimum Gasteiger partial charge on any atom is -0.312 e. The first-order valence-corrected chi connectivity index (χ1v) is 7.88. The molecule has 1 aromatic carbocycles. The predicted octanol–water partition coefficient (Wildman–Crippen LogP) is 4.04. The van der Waals surface area contributed by atoms with Crippen LogP contribution in [0.2, 0.25) is 0 Å². The molecule has 1 amide bonds. The lowest BCUT2D eigenvalue weighted by atomic mass is 10.1. The number of nitrogens with zero attached hydrogens (tertiary/aromatic N) is 1. The van der Waals surface area contributed by atoms with Crippen molar-refractivity contribution in [3.05, 3.63) is 34.5 Å². The standard InChI is InChI=1S/C15H15F4N3OS/c1-3-20-7-12-13(22-14(24-12)21-8(2)23)9-4-10(15(17,18)19)6-11(16)5-9/h4-6,20H,3,7H2,1-2H3,(H,21,22,23). The van der Waals surface area contributed by atoms with Gasteiger partial charge in [0.15, 0.2) is 5.13 Å². The van der Waals surface area contributed by atoms with Crippen LogP contribution < -0.4 is 10.6 Å². The molecule has 0 bridgehead atoms. The topological polar surface area (TPSA) is 54.0 Å². The Morgan fingerprint density at radius 2 is 2.00 bits per heavy atom. The molecule has 1 aromatic heterocycles. The summed E-state index contributed by atoms with van der Waals surface area (Å²) in [5.74, 6) is -1.34. The summed E-state index contributed by atoms with van der Waals surface area (Å²) in [6.45, 7) is 4.17. The molecule has 130 valence electrons. The number of halogens is 4. The molecular formula is C15H15F4N3OS. The molecule has 1 heterocycles. The molecule has 4 nitrogen and oxygen atoms in total. The summed E-state index contributed by atoms with van der Waals surface area (Å²) in [5.41, 5.74) is -0.848. The van der Waals surface area contributed by atoms with Gasteiger partial charge >= 0.3 is 6.18 Å². The van der Waals surface area contributed by atoms with Crippen molar-refractivity contribution >= 4 is 22.4 Å². The van der Waals surface area contributed by atoms with Gasteiger partial charge in [-0.25, -0.2) is 9.37 Å². The van der Waals surface area contributed by atoms with Gasteiger partial charge in [-0.2, -0.15) is 13.2 Å². The van der Waals surface area contributed by atoms with Crippen molar-refractivity contribution in [1.82, 2.24) is 10.3 Å². The number of carbonyl (C=O) groups excluding carboxylic acids is 1. The fraction of sp³-hybridized carbons (Fsp3) is 0.333. The molecule has 0 aliphatic rings. The molecule has 0 radical (unpaired) electrons. The molecule has 0 atom stereocenters. The summed E-state index contributed by atoms with van der Waals surface area (Å²) in [7, 11) is 0. The summed E-state index contributed by atoms with van der Waals surface area (Å²) in [4.78, 5) is 15.9. The van der Waals surface area contributed by atoms with Crippen molar-refractivity contribution in [3.8, 4) is 11.3 Å². The number of alkyl halides is 3. The fourth-order valence-corrected chi connectivity index (χ4v) is 3.03. The number of hydrogen-bond donors (Lipinski definition) is 2. The van der Waals surface area contributed by atoms with E-state index in [1.54, 1.807) is 0 Å². The molecule has 0 spiro atoms. The number of amides is 1. The van der Waals surface area contributed by atoms with Crippen molar-refractivity contribution in [3.63, 3.8) is 0 Å². The molecule has 9 heteroatoms. The highest BCUT2D eigenvalue weighted by Gasteiger charge is 2.32. The maximum Gasteiger partial charge on any atom is 0.416 e. The van der Waals surface area contributed by atoms with E-state index in [4.69, 9.17) is 0 Å². The monoisotopic (exact) mass is 361 g/mol. The Kier molecular flexibility index (Phi) is 5.55. The summed E-state index contributed by atoms with van der Waals surface area (Å²) >= 11 is 1.13. The van der Waals surface area contributed by atoms with Gasteiger partial charge in [-0.05, 0) is 24.7 Å². The van der Waals surface area contributed by atoms with E-state index in [1.807, 2.05) is 6.92 Å². The molecule has 0 unspecified atom stereocenters. The minimum atomic E-state index is -4.66. The van der Waals surface area contributed by atoms with Crippen LogP contribution in [0.3, 0.4) is 0 Å². The zero-order chi connectivity index (χ0) is 17.9. The van der Waals surface area contributed by atoms with E-state index in [0.29, 0.717) is 24.0 Å². The Hall–Kier alpha value is -2.00. The summed E-state index contributed by atoms with van der Waals surface area (Å²) in [6.07, 6.45) is -4.66. The molecular weight excluding hydrogens is 346 g/mol. The molecule has 0 saturated heterocycles. The van der Waals surface area contributed by atoms with Crippen LogP contribution >= 0.6 is 11.3 Å². The number of anilines is 1.